The number of hydrogen-bond donors (Lipinski definition) is 2. The lowest BCUT2D eigenvalue weighted by molar-refractivity contribution is 0.270. The van der Waals surface area contributed by atoms with Crippen molar-refractivity contribution >= 4 is 47.4 Å². The van der Waals surface area contributed by atoms with Gasteiger partial charge in [0.1, 0.15) is 5.82 Å². The molecule has 1 aromatic carbocycles. The summed E-state index contributed by atoms with van der Waals surface area (Å²) in [5.74, 6) is 1.88. The van der Waals surface area contributed by atoms with Crippen LogP contribution in [0.15, 0.2) is 47.6 Å². The quantitative estimate of drug-likeness (QED) is 0.302. The fraction of sp³-hybridized carbons (Fsp3) is 0.500. The molecule has 0 unspecified atom stereocenters. The summed E-state index contributed by atoms with van der Waals surface area (Å²) in [6.07, 6.45) is 4.32. The molecule has 0 bridgehead atoms. The van der Waals surface area contributed by atoms with Crippen molar-refractivity contribution in [3.63, 3.8) is 0 Å². The maximum atomic E-state index is 6.19. The number of halogens is 2. The van der Waals surface area contributed by atoms with Crippen molar-refractivity contribution in [2.75, 3.05) is 51.2 Å². The highest BCUT2D eigenvalue weighted by Crippen LogP contribution is 2.48. The van der Waals surface area contributed by atoms with E-state index >= 15 is 0 Å². The zero-order valence-electron chi connectivity index (χ0n) is 19.0. The highest BCUT2D eigenvalue weighted by atomic mass is 127. The van der Waals surface area contributed by atoms with E-state index in [4.69, 9.17) is 16.6 Å². The van der Waals surface area contributed by atoms with Crippen LogP contribution in [-0.4, -0.2) is 62.2 Å². The second kappa shape index (κ2) is 11.5. The first-order valence-electron chi connectivity index (χ1n) is 11.2. The predicted octanol–water partition coefficient (Wildman–Crippen LogP) is 3.89. The Kier molecular flexibility index (Phi) is 9.02. The lowest BCUT2D eigenvalue weighted by atomic mass is 9.96. The predicted molar refractivity (Wildman–Crippen MR) is 145 cm³/mol. The van der Waals surface area contributed by atoms with E-state index in [0.29, 0.717) is 6.54 Å². The zero-order chi connectivity index (χ0) is 21.7. The van der Waals surface area contributed by atoms with Crippen LogP contribution >= 0.6 is 35.6 Å². The molecule has 0 spiro atoms. The molecule has 8 heteroatoms. The summed E-state index contributed by atoms with van der Waals surface area (Å²) in [7, 11) is 1.81. The number of guanidine groups is 1. The van der Waals surface area contributed by atoms with Crippen molar-refractivity contribution in [2.45, 2.75) is 31.7 Å². The van der Waals surface area contributed by atoms with Gasteiger partial charge in [-0.2, -0.15) is 0 Å². The molecule has 2 heterocycles. The van der Waals surface area contributed by atoms with Gasteiger partial charge in [-0.05, 0) is 48.7 Å². The second-order valence-corrected chi connectivity index (χ2v) is 8.95. The third-order valence-electron chi connectivity index (χ3n) is 6.52. The molecule has 0 amide bonds. The van der Waals surface area contributed by atoms with Crippen LogP contribution in [0.1, 0.15) is 30.9 Å². The lowest BCUT2D eigenvalue weighted by Gasteiger charge is -2.34. The third kappa shape index (κ3) is 6.26. The molecule has 2 N–H and O–H groups in total. The molecule has 1 aliphatic carbocycles. The minimum atomic E-state index is 0. The number of aliphatic imine (C=N–C) groups is 1. The molecule has 32 heavy (non-hydrogen) atoms. The number of nitrogens with zero attached hydrogens (tertiary/aromatic N) is 4. The van der Waals surface area contributed by atoms with Crippen LogP contribution in [-0.2, 0) is 12.0 Å². The minimum Gasteiger partial charge on any atom is -0.356 e. The number of rotatable bonds is 7. The normalized spacial score (nSPS) is 18.1. The minimum absolute atomic E-state index is 0. The lowest BCUT2D eigenvalue weighted by Crippen LogP contribution is -2.46. The second-order valence-electron chi connectivity index (χ2n) is 8.52. The van der Waals surface area contributed by atoms with E-state index in [9.17, 15) is 0 Å². The molecule has 4 rings (SSSR count). The molecule has 6 nitrogen and oxygen atoms in total. The molecule has 1 aromatic heterocycles. The van der Waals surface area contributed by atoms with Gasteiger partial charge in [0.05, 0.1) is 0 Å². The Labute approximate surface area is 213 Å². The molecule has 2 aliphatic rings. The van der Waals surface area contributed by atoms with Crippen LogP contribution in [0.25, 0.3) is 0 Å². The average molecular weight is 569 g/mol. The Hall–Kier alpha value is -1.58. The van der Waals surface area contributed by atoms with E-state index in [2.05, 4.69) is 56.6 Å². The number of hydrogen-bond acceptors (Lipinski definition) is 4. The van der Waals surface area contributed by atoms with Gasteiger partial charge in [0.25, 0.3) is 0 Å². The maximum Gasteiger partial charge on any atom is 0.191 e. The Bertz CT molecular complexity index is 892. The highest BCUT2D eigenvalue weighted by molar-refractivity contribution is 14.0. The molecule has 174 valence electrons. The zero-order valence-corrected chi connectivity index (χ0v) is 22.1. The van der Waals surface area contributed by atoms with Gasteiger partial charge in [-0.1, -0.05) is 36.7 Å². The van der Waals surface area contributed by atoms with E-state index in [1.807, 2.05) is 25.4 Å². The van der Waals surface area contributed by atoms with Gasteiger partial charge in [0.15, 0.2) is 5.96 Å². The fourth-order valence-electron chi connectivity index (χ4n) is 4.20. The van der Waals surface area contributed by atoms with Gasteiger partial charge in [0, 0.05) is 63.0 Å². The van der Waals surface area contributed by atoms with Gasteiger partial charge < -0.3 is 20.4 Å². The number of pyridine rings is 1. The molecule has 0 radical (unpaired) electrons. The van der Waals surface area contributed by atoms with Crippen molar-refractivity contribution < 1.29 is 0 Å². The average Bonchev–Trinajstić information content (AvgIpc) is 3.61. The Balaban J connectivity index is 0.00000289. The van der Waals surface area contributed by atoms with Gasteiger partial charge in [-0.25, -0.2) is 4.98 Å². The smallest absolute Gasteiger partial charge is 0.191 e. The summed E-state index contributed by atoms with van der Waals surface area (Å²) in [4.78, 5) is 13.9. The van der Waals surface area contributed by atoms with Crippen molar-refractivity contribution in [3.05, 3.63) is 58.7 Å². The Morgan fingerprint density at radius 3 is 2.50 bits per heavy atom. The first-order valence-corrected chi connectivity index (χ1v) is 11.6. The van der Waals surface area contributed by atoms with Gasteiger partial charge in [0.2, 0.25) is 0 Å². The molecule has 1 aliphatic heterocycles. The summed E-state index contributed by atoms with van der Waals surface area (Å²) < 4.78 is 0. The maximum absolute atomic E-state index is 6.19. The molecule has 2 aromatic rings. The van der Waals surface area contributed by atoms with Crippen LogP contribution < -0.4 is 15.5 Å². The van der Waals surface area contributed by atoms with Crippen LogP contribution in [0.3, 0.4) is 0 Å². The largest absolute Gasteiger partial charge is 0.356 e. The third-order valence-corrected chi connectivity index (χ3v) is 6.76. The summed E-state index contributed by atoms with van der Waals surface area (Å²) in [6, 6.07) is 12.5. The van der Waals surface area contributed by atoms with Crippen LogP contribution in [0.2, 0.25) is 5.02 Å². The molecule has 0 atom stereocenters. The SMILES string of the molecule is CCN1CCN(c2ccc(CNC(=NC)NCC3(c4cccc(Cl)c4)CC3)cn2)CC1.I. The molecular weight excluding hydrogens is 535 g/mol. The fourth-order valence-corrected chi connectivity index (χ4v) is 4.39. The van der Waals surface area contributed by atoms with Crippen molar-refractivity contribution in [2.24, 2.45) is 4.99 Å². The number of aromatic nitrogens is 1. The Morgan fingerprint density at radius 2 is 1.91 bits per heavy atom. The first-order chi connectivity index (χ1) is 15.1. The van der Waals surface area contributed by atoms with Gasteiger partial charge in [-0.15, -0.1) is 24.0 Å². The summed E-state index contributed by atoms with van der Waals surface area (Å²) >= 11 is 6.19. The topological polar surface area (TPSA) is 55.8 Å². The highest BCUT2D eigenvalue weighted by Gasteiger charge is 2.44. The summed E-state index contributed by atoms with van der Waals surface area (Å²) in [6.45, 7) is 9.21. The molecule has 1 saturated heterocycles. The molecule has 1 saturated carbocycles. The first kappa shape index (κ1) is 25.1. The van der Waals surface area contributed by atoms with Crippen molar-refractivity contribution in [1.29, 1.82) is 0 Å². The van der Waals surface area contributed by atoms with Gasteiger partial charge >= 0.3 is 0 Å². The van der Waals surface area contributed by atoms with Crippen LogP contribution in [0.4, 0.5) is 5.82 Å². The van der Waals surface area contributed by atoms with E-state index in [0.717, 1.165) is 61.6 Å². The number of likely N-dealkylation sites (N-methyl/N-ethyl adjacent to an activating group) is 1. The van der Waals surface area contributed by atoms with Gasteiger partial charge in [-0.3, -0.25) is 4.99 Å². The molecular formula is C24H34ClIN6. The summed E-state index contributed by atoms with van der Waals surface area (Å²) in [5.41, 5.74) is 2.63. The molecule has 2 fully saturated rings. The van der Waals surface area contributed by atoms with E-state index in [1.165, 1.54) is 18.4 Å². The number of piperazine rings is 1. The van der Waals surface area contributed by atoms with Crippen molar-refractivity contribution in [1.82, 2.24) is 20.5 Å². The van der Waals surface area contributed by atoms with Crippen LogP contribution in [0.5, 0.6) is 0 Å². The van der Waals surface area contributed by atoms with E-state index in [1.54, 1.807) is 0 Å². The standard InChI is InChI=1S/C24H33ClN6.HI/c1-3-30-11-13-31(14-12-30)22-8-7-19(16-27-22)17-28-23(26-2)29-18-24(9-10-24)20-5-4-6-21(25)15-20;/h4-8,15-16H,3,9-14,17-18H2,1-2H3,(H2,26,28,29);1H. The number of benzene rings is 1. The monoisotopic (exact) mass is 568 g/mol. The Morgan fingerprint density at radius 1 is 1.12 bits per heavy atom. The number of nitrogens with one attached hydrogen (secondary N) is 2. The number of anilines is 1. The van der Waals surface area contributed by atoms with E-state index < -0.39 is 0 Å². The van der Waals surface area contributed by atoms with Crippen LogP contribution in [0, 0.1) is 0 Å². The van der Waals surface area contributed by atoms with Crippen molar-refractivity contribution in [3.8, 4) is 0 Å². The van der Waals surface area contributed by atoms with E-state index in [-0.39, 0.29) is 29.4 Å². The summed E-state index contributed by atoms with van der Waals surface area (Å²) in [5, 5.41) is 7.71.